The van der Waals surface area contributed by atoms with Gasteiger partial charge in [0.2, 0.25) is 5.91 Å². The van der Waals surface area contributed by atoms with Crippen LogP contribution in [0.1, 0.15) is 43.6 Å². The Hall–Kier alpha value is -2.82. The molecular weight excluding hydrogens is 338 g/mol. The molecule has 0 radical (unpaired) electrons. The van der Waals surface area contributed by atoms with Crippen molar-refractivity contribution >= 4 is 28.9 Å². The van der Waals surface area contributed by atoms with Crippen molar-refractivity contribution in [2.24, 2.45) is 5.41 Å². The van der Waals surface area contributed by atoms with Gasteiger partial charge in [0.15, 0.2) is 0 Å². The van der Waals surface area contributed by atoms with Gasteiger partial charge in [-0.2, -0.15) is 0 Å². The topological polar surface area (TPSA) is 61.4 Å². The highest BCUT2D eigenvalue weighted by Crippen LogP contribution is 2.30. The third kappa shape index (κ3) is 4.30. The molecule has 1 heterocycles. The van der Waals surface area contributed by atoms with Crippen LogP contribution in [0.2, 0.25) is 0 Å². The fourth-order valence-corrected chi connectivity index (χ4v) is 3.11. The van der Waals surface area contributed by atoms with Crippen LogP contribution in [0, 0.1) is 5.41 Å². The van der Waals surface area contributed by atoms with Crippen molar-refractivity contribution in [1.29, 1.82) is 0 Å². The summed E-state index contributed by atoms with van der Waals surface area (Å²) in [5.74, 6) is -0.277. The molecule has 0 fully saturated rings. The highest BCUT2D eigenvalue weighted by Gasteiger charge is 2.22. The summed E-state index contributed by atoms with van der Waals surface area (Å²) in [5, 5.41) is 5.83. The zero-order valence-electron chi connectivity index (χ0n) is 16.4. The summed E-state index contributed by atoms with van der Waals surface area (Å²) in [6.45, 7) is 9.68. The van der Waals surface area contributed by atoms with E-state index in [0.29, 0.717) is 11.3 Å². The van der Waals surface area contributed by atoms with E-state index < -0.39 is 5.41 Å². The van der Waals surface area contributed by atoms with E-state index in [2.05, 4.69) is 28.5 Å². The second-order valence-corrected chi connectivity index (χ2v) is 7.91. The second-order valence-electron chi connectivity index (χ2n) is 7.91. The lowest BCUT2D eigenvalue weighted by molar-refractivity contribution is -0.123. The Morgan fingerprint density at radius 3 is 2.48 bits per heavy atom. The summed E-state index contributed by atoms with van der Waals surface area (Å²) in [7, 11) is 0. The van der Waals surface area contributed by atoms with Crippen molar-refractivity contribution in [3.63, 3.8) is 0 Å². The molecule has 5 nitrogen and oxygen atoms in total. The van der Waals surface area contributed by atoms with Crippen LogP contribution in [0.4, 0.5) is 17.1 Å². The van der Waals surface area contributed by atoms with Crippen molar-refractivity contribution in [2.45, 2.75) is 34.1 Å². The average molecular weight is 365 g/mol. The number of benzene rings is 2. The number of hydrogen-bond donors (Lipinski definition) is 2. The standard InChI is InChI=1S/C22H27N3O2/c1-5-25-12-11-15-9-10-18(14-19(15)25)23-20(26)16-7-6-8-17(13-16)24-21(27)22(2,3)4/h6-10,13-14H,5,11-12H2,1-4H3,(H,23,26)(H,24,27). The third-order valence-electron chi connectivity index (χ3n) is 4.78. The van der Waals surface area contributed by atoms with Crippen LogP contribution in [0.25, 0.3) is 0 Å². The molecule has 0 saturated carbocycles. The van der Waals surface area contributed by atoms with Crippen LogP contribution in [-0.2, 0) is 11.2 Å². The van der Waals surface area contributed by atoms with Crippen molar-refractivity contribution in [3.05, 3.63) is 53.6 Å². The van der Waals surface area contributed by atoms with E-state index in [4.69, 9.17) is 0 Å². The monoisotopic (exact) mass is 365 g/mol. The lowest BCUT2D eigenvalue weighted by Gasteiger charge is -2.18. The zero-order valence-corrected chi connectivity index (χ0v) is 16.4. The molecule has 2 aromatic rings. The summed E-state index contributed by atoms with van der Waals surface area (Å²) in [4.78, 5) is 27.1. The molecule has 0 aromatic heterocycles. The number of anilines is 3. The molecule has 0 unspecified atom stereocenters. The Bertz CT molecular complexity index is 868. The molecule has 1 aliphatic rings. The molecule has 2 N–H and O–H groups in total. The molecule has 2 aromatic carbocycles. The van der Waals surface area contributed by atoms with Crippen molar-refractivity contribution in [1.82, 2.24) is 0 Å². The van der Waals surface area contributed by atoms with Crippen LogP contribution in [0.5, 0.6) is 0 Å². The Kier molecular flexibility index (Phi) is 5.22. The second kappa shape index (κ2) is 7.43. The summed E-state index contributed by atoms with van der Waals surface area (Å²) in [6, 6.07) is 13.1. The first-order valence-electron chi connectivity index (χ1n) is 9.38. The Morgan fingerprint density at radius 1 is 1.04 bits per heavy atom. The summed E-state index contributed by atoms with van der Waals surface area (Å²) < 4.78 is 0. The predicted octanol–water partition coefficient (Wildman–Crippen LogP) is 4.31. The number of nitrogens with zero attached hydrogens (tertiary/aromatic N) is 1. The fraction of sp³-hybridized carbons (Fsp3) is 0.364. The van der Waals surface area contributed by atoms with Gasteiger partial charge in [-0.1, -0.05) is 32.9 Å². The number of hydrogen-bond acceptors (Lipinski definition) is 3. The molecule has 0 saturated heterocycles. The molecule has 0 bridgehead atoms. The first-order chi connectivity index (χ1) is 12.8. The summed E-state index contributed by atoms with van der Waals surface area (Å²) >= 11 is 0. The third-order valence-corrected chi connectivity index (χ3v) is 4.78. The number of amides is 2. The molecule has 0 atom stereocenters. The van der Waals surface area contributed by atoms with Crippen LogP contribution >= 0.6 is 0 Å². The fourth-order valence-electron chi connectivity index (χ4n) is 3.11. The number of likely N-dealkylation sites (N-methyl/N-ethyl adjacent to an activating group) is 1. The first kappa shape index (κ1) is 19.0. The minimum atomic E-state index is -0.492. The molecule has 142 valence electrons. The molecule has 0 spiro atoms. The molecule has 3 rings (SSSR count). The van der Waals surface area contributed by atoms with E-state index in [1.165, 1.54) is 11.3 Å². The van der Waals surface area contributed by atoms with E-state index in [1.807, 2.05) is 32.9 Å². The molecule has 2 amide bonds. The van der Waals surface area contributed by atoms with E-state index in [1.54, 1.807) is 24.3 Å². The lowest BCUT2D eigenvalue weighted by Crippen LogP contribution is -2.27. The van der Waals surface area contributed by atoms with Crippen molar-refractivity contribution < 1.29 is 9.59 Å². The van der Waals surface area contributed by atoms with Gasteiger partial charge in [0, 0.05) is 41.1 Å². The van der Waals surface area contributed by atoms with Crippen LogP contribution in [-0.4, -0.2) is 24.9 Å². The summed E-state index contributed by atoms with van der Waals surface area (Å²) in [5.41, 5.74) is 3.93. The van der Waals surface area contributed by atoms with Gasteiger partial charge >= 0.3 is 0 Å². The van der Waals surface area contributed by atoms with Crippen LogP contribution in [0.3, 0.4) is 0 Å². The Morgan fingerprint density at radius 2 is 1.78 bits per heavy atom. The maximum atomic E-state index is 12.7. The van der Waals surface area contributed by atoms with Gasteiger partial charge in [0.25, 0.3) is 5.91 Å². The smallest absolute Gasteiger partial charge is 0.255 e. The van der Waals surface area contributed by atoms with Gasteiger partial charge in [0.05, 0.1) is 0 Å². The van der Waals surface area contributed by atoms with Gasteiger partial charge in [-0.05, 0) is 49.2 Å². The molecule has 0 aliphatic carbocycles. The predicted molar refractivity (Wildman–Crippen MR) is 111 cm³/mol. The lowest BCUT2D eigenvalue weighted by atomic mass is 9.95. The van der Waals surface area contributed by atoms with E-state index in [-0.39, 0.29) is 11.8 Å². The van der Waals surface area contributed by atoms with Gasteiger partial charge in [0.1, 0.15) is 0 Å². The Balaban J connectivity index is 1.74. The zero-order chi connectivity index (χ0) is 19.6. The normalized spacial score (nSPS) is 13.3. The summed E-state index contributed by atoms with van der Waals surface area (Å²) in [6.07, 6.45) is 1.05. The first-order valence-corrected chi connectivity index (χ1v) is 9.38. The maximum absolute atomic E-state index is 12.7. The van der Waals surface area contributed by atoms with Gasteiger partial charge in [-0.3, -0.25) is 9.59 Å². The van der Waals surface area contributed by atoms with Crippen LogP contribution < -0.4 is 15.5 Å². The van der Waals surface area contributed by atoms with E-state index >= 15 is 0 Å². The largest absolute Gasteiger partial charge is 0.371 e. The number of carbonyl (C=O) groups excluding carboxylic acids is 2. The van der Waals surface area contributed by atoms with E-state index in [9.17, 15) is 9.59 Å². The van der Waals surface area contributed by atoms with E-state index in [0.717, 1.165) is 25.2 Å². The maximum Gasteiger partial charge on any atom is 0.255 e. The van der Waals surface area contributed by atoms with Crippen LogP contribution in [0.15, 0.2) is 42.5 Å². The number of fused-ring (bicyclic) bond motifs is 1. The molecule has 5 heteroatoms. The molecule has 27 heavy (non-hydrogen) atoms. The van der Waals surface area contributed by atoms with Gasteiger partial charge in [-0.15, -0.1) is 0 Å². The highest BCUT2D eigenvalue weighted by molar-refractivity contribution is 6.05. The SMILES string of the molecule is CCN1CCc2ccc(NC(=O)c3cccc(NC(=O)C(C)(C)C)c3)cc21. The quantitative estimate of drug-likeness (QED) is 0.849. The number of nitrogens with one attached hydrogen (secondary N) is 2. The van der Waals surface area contributed by atoms with Gasteiger partial charge < -0.3 is 15.5 Å². The van der Waals surface area contributed by atoms with Crippen molar-refractivity contribution in [3.8, 4) is 0 Å². The molecular formula is C22H27N3O2. The minimum Gasteiger partial charge on any atom is -0.371 e. The average Bonchev–Trinajstić information content (AvgIpc) is 3.03. The van der Waals surface area contributed by atoms with Gasteiger partial charge in [-0.25, -0.2) is 0 Å². The van der Waals surface area contributed by atoms with Crippen molar-refractivity contribution in [2.75, 3.05) is 28.6 Å². The number of carbonyl (C=O) groups is 2. The Labute approximate surface area is 160 Å². The molecule has 1 aliphatic heterocycles. The number of rotatable bonds is 4. The minimum absolute atomic E-state index is 0.0849. The highest BCUT2D eigenvalue weighted by atomic mass is 16.2.